The van der Waals surface area contributed by atoms with Crippen LogP contribution in [0.2, 0.25) is 10.0 Å². The second kappa shape index (κ2) is 9.24. The molecule has 9 heteroatoms. The van der Waals surface area contributed by atoms with Gasteiger partial charge in [0.15, 0.2) is 0 Å². The molecule has 1 N–H and O–H groups in total. The number of carbonyl (C=O) groups is 1. The van der Waals surface area contributed by atoms with Crippen LogP contribution in [0, 0.1) is 0 Å². The molecule has 0 spiro atoms. The largest absolute Gasteiger partial charge is 0.379 e. The maximum Gasteiger partial charge on any atom is 0.251 e. The highest BCUT2D eigenvalue weighted by molar-refractivity contribution is 7.89. The molecule has 150 valence electrons. The second-order valence-corrected chi connectivity index (χ2v) is 9.07. The number of carbonyl (C=O) groups excluding carboxylic acids is 1. The Labute approximate surface area is 174 Å². The van der Waals surface area contributed by atoms with Crippen LogP contribution >= 0.6 is 23.2 Å². The fraction of sp³-hybridized carbons (Fsp3) is 0.316. The third kappa shape index (κ3) is 5.04. The first-order valence-corrected chi connectivity index (χ1v) is 11.0. The van der Waals surface area contributed by atoms with Gasteiger partial charge in [0.1, 0.15) is 0 Å². The molecule has 0 atom stereocenters. The Kier molecular flexibility index (Phi) is 6.95. The molecule has 1 aliphatic rings. The number of nitrogens with one attached hydrogen (secondary N) is 1. The van der Waals surface area contributed by atoms with Gasteiger partial charge in [0.05, 0.1) is 18.1 Å². The topological polar surface area (TPSA) is 75.7 Å². The first-order chi connectivity index (χ1) is 13.4. The van der Waals surface area contributed by atoms with E-state index >= 15 is 0 Å². The van der Waals surface area contributed by atoms with Crippen LogP contribution in [-0.2, 0) is 21.2 Å². The first kappa shape index (κ1) is 21.1. The van der Waals surface area contributed by atoms with Crippen molar-refractivity contribution >= 4 is 39.1 Å². The molecule has 2 aromatic carbocycles. The molecule has 1 heterocycles. The molecule has 2 aromatic rings. The molecule has 1 amide bonds. The van der Waals surface area contributed by atoms with Crippen LogP contribution in [0.15, 0.2) is 47.4 Å². The normalized spacial score (nSPS) is 15.4. The zero-order valence-electron chi connectivity index (χ0n) is 15.0. The van der Waals surface area contributed by atoms with Crippen molar-refractivity contribution < 1.29 is 17.9 Å². The molecular weight excluding hydrogens is 423 g/mol. The van der Waals surface area contributed by atoms with Crippen molar-refractivity contribution in [3.8, 4) is 0 Å². The molecule has 28 heavy (non-hydrogen) atoms. The lowest BCUT2D eigenvalue weighted by Crippen LogP contribution is -2.40. The summed E-state index contributed by atoms with van der Waals surface area (Å²) in [7, 11) is -3.65. The van der Waals surface area contributed by atoms with Gasteiger partial charge in [-0.2, -0.15) is 4.31 Å². The average molecular weight is 443 g/mol. The van der Waals surface area contributed by atoms with Gasteiger partial charge in [-0.25, -0.2) is 8.42 Å². The van der Waals surface area contributed by atoms with Gasteiger partial charge in [-0.3, -0.25) is 4.79 Å². The van der Waals surface area contributed by atoms with Gasteiger partial charge in [-0.05, 0) is 42.3 Å². The predicted molar refractivity (Wildman–Crippen MR) is 109 cm³/mol. The average Bonchev–Trinajstić information content (AvgIpc) is 2.70. The van der Waals surface area contributed by atoms with Crippen molar-refractivity contribution in [1.82, 2.24) is 9.62 Å². The lowest BCUT2D eigenvalue weighted by molar-refractivity contribution is 0.0730. The number of halogens is 2. The summed E-state index contributed by atoms with van der Waals surface area (Å²) in [6.07, 6.45) is 0.535. The number of nitrogens with zero attached hydrogens (tertiary/aromatic N) is 1. The first-order valence-electron chi connectivity index (χ1n) is 8.78. The van der Waals surface area contributed by atoms with Gasteiger partial charge in [0.2, 0.25) is 10.0 Å². The molecule has 1 aliphatic heterocycles. The van der Waals surface area contributed by atoms with Gasteiger partial charge < -0.3 is 10.1 Å². The van der Waals surface area contributed by atoms with E-state index in [1.807, 2.05) is 6.07 Å². The van der Waals surface area contributed by atoms with Crippen molar-refractivity contribution in [3.05, 3.63) is 63.6 Å². The molecule has 3 rings (SSSR count). The Morgan fingerprint density at radius 1 is 1.11 bits per heavy atom. The minimum atomic E-state index is -3.65. The van der Waals surface area contributed by atoms with E-state index in [4.69, 9.17) is 27.9 Å². The smallest absolute Gasteiger partial charge is 0.251 e. The van der Waals surface area contributed by atoms with Gasteiger partial charge >= 0.3 is 0 Å². The highest BCUT2D eigenvalue weighted by atomic mass is 35.5. The van der Waals surface area contributed by atoms with Gasteiger partial charge in [0, 0.05) is 35.2 Å². The molecule has 0 aliphatic carbocycles. The molecule has 1 saturated heterocycles. The van der Waals surface area contributed by atoms with E-state index in [0.717, 1.165) is 5.56 Å². The minimum Gasteiger partial charge on any atom is -0.379 e. The van der Waals surface area contributed by atoms with Gasteiger partial charge in [-0.1, -0.05) is 35.3 Å². The maximum absolute atomic E-state index is 12.7. The summed E-state index contributed by atoms with van der Waals surface area (Å²) >= 11 is 12.0. The fourth-order valence-electron chi connectivity index (χ4n) is 2.87. The summed E-state index contributed by atoms with van der Waals surface area (Å²) in [5.41, 5.74) is 1.16. The van der Waals surface area contributed by atoms with Crippen LogP contribution in [0.1, 0.15) is 15.9 Å². The fourth-order valence-corrected chi connectivity index (χ4v) is 4.83. The van der Waals surface area contributed by atoms with Crippen molar-refractivity contribution in [2.75, 3.05) is 32.8 Å². The lowest BCUT2D eigenvalue weighted by atomic mass is 10.1. The third-order valence-electron chi connectivity index (χ3n) is 4.40. The molecule has 0 unspecified atom stereocenters. The number of amides is 1. The highest BCUT2D eigenvalue weighted by Crippen LogP contribution is 2.21. The van der Waals surface area contributed by atoms with Crippen LogP contribution in [0.4, 0.5) is 0 Å². The van der Waals surface area contributed by atoms with Crippen molar-refractivity contribution in [2.45, 2.75) is 11.3 Å². The summed E-state index contributed by atoms with van der Waals surface area (Å²) in [5, 5.41) is 3.88. The molecule has 1 fully saturated rings. The molecule has 0 radical (unpaired) electrons. The van der Waals surface area contributed by atoms with Crippen molar-refractivity contribution in [3.63, 3.8) is 0 Å². The van der Waals surface area contributed by atoms with E-state index in [2.05, 4.69) is 5.32 Å². The molecule has 0 bridgehead atoms. The number of hydrogen-bond donors (Lipinski definition) is 1. The van der Waals surface area contributed by atoms with E-state index in [-0.39, 0.29) is 16.4 Å². The van der Waals surface area contributed by atoms with E-state index in [1.54, 1.807) is 24.3 Å². The standard InChI is InChI=1S/C19H20Cl2N2O4S/c20-16-5-4-14(18(21)13-16)6-7-22-19(24)15-2-1-3-17(12-15)28(25,26)23-8-10-27-11-9-23/h1-5,12-13H,6-11H2,(H,22,24). The van der Waals surface area contributed by atoms with E-state index < -0.39 is 10.0 Å². The van der Waals surface area contributed by atoms with Crippen LogP contribution in [0.5, 0.6) is 0 Å². The molecule has 0 aromatic heterocycles. The minimum absolute atomic E-state index is 0.0998. The number of ether oxygens (including phenoxy) is 1. The number of benzene rings is 2. The van der Waals surface area contributed by atoms with Crippen LogP contribution < -0.4 is 5.32 Å². The lowest BCUT2D eigenvalue weighted by Gasteiger charge is -2.26. The van der Waals surface area contributed by atoms with Crippen molar-refractivity contribution in [1.29, 1.82) is 0 Å². The summed E-state index contributed by atoms with van der Waals surface area (Å²) in [6, 6.07) is 11.3. The Hall–Kier alpha value is -1.64. The van der Waals surface area contributed by atoms with Gasteiger partial charge in [-0.15, -0.1) is 0 Å². The maximum atomic E-state index is 12.7. The van der Waals surface area contributed by atoms with Crippen LogP contribution in [-0.4, -0.2) is 51.5 Å². The Morgan fingerprint density at radius 2 is 1.86 bits per heavy atom. The predicted octanol–water partition coefficient (Wildman–Crippen LogP) is 2.99. The second-order valence-electron chi connectivity index (χ2n) is 6.29. The molecule has 6 nitrogen and oxygen atoms in total. The quantitative estimate of drug-likeness (QED) is 0.745. The number of rotatable bonds is 6. The number of morpholine rings is 1. The Morgan fingerprint density at radius 3 is 2.57 bits per heavy atom. The Balaban J connectivity index is 1.65. The zero-order valence-corrected chi connectivity index (χ0v) is 17.4. The molecular formula is C19H20Cl2N2O4S. The SMILES string of the molecule is O=C(NCCc1ccc(Cl)cc1Cl)c1cccc(S(=O)(=O)N2CCOCC2)c1. The summed E-state index contributed by atoms with van der Waals surface area (Å²) < 4.78 is 32.1. The van der Waals surface area contributed by atoms with Crippen LogP contribution in [0.3, 0.4) is 0 Å². The number of hydrogen-bond acceptors (Lipinski definition) is 4. The zero-order chi connectivity index (χ0) is 20.1. The Bertz CT molecular complexity index is 960. The van der Waals surface area contributed by atoms with Crippen LogP contribution in [0.25, 0.3) is 0 Å². The summed E-state index contributed by atoms with van der Waals surface area (Å²) in [4.78, 5) is 12.5. The summed E-state index contributed by atoms with van der Waals surface area (Å²) in [6.45, 7) is 1.71. The van der Waals surface area contributed by atoms with Gasteiger partial charge in [0.25, 0.3) is 5.91 Å². The van der Waals surface area contributed by atoms with Crippen molar-refractivity contribution in [2.24, 2.45) is 0 Å². The summed E-state index contributed by atoms with van der Waals surface area (Å²) in [5.74, 6) is -0.343. The number of sulfonamides is 1. The molecule has 0 saturated carbocycles. The monoisotopic (exact) mass is 442 g/mol. The van der Waals surface area contributed by atoms with E-state index in [9.17, 15) is 13.2 Å². The van der Waals surface area contributed by atoms with E-state index in [1.165, 1.54) is 16.4 Å². The third-order valence-corrected chi connectivity index (χ3v) is 6.88. The van der Waals surface area contributed by atoms with E-state index in [0.29, 0.717) is 49.3 Å². The highest BCUT2D eigenvalue weighted by Gasteiger charge is 2.26.